The lowest BCUT2D eigenvalue weighted by Crippen LogP contribution is -2.20. The summed E-state index contributed by atoms with van der Waals surface area (Å²) in [4.78, 5) is 27.5. The molecule has 0 saturated heterocycles. The van der Waals surface area contributed by atoms with Gasteiger partial charge in [0.1, 0.15) is 28.8 Å². The molecular weight excluding hydrogens is 382 g/mol. The van der Waals surface area contributed by atoms with Gasteiger partial charge in [-0.05, 0) is 42.5 Å². The number of carbonyl (C=O) groups is 2. The Bertz CT molecular complexity index is 1040. The summed E-state index contributed by atoms with van der Waals surface area (Å²) in [5.74, 6) is -0.881. The number of nitrogens with zero attached hydrogens (tertiary/aromatic N) is 1. The first-order valence-corrected chi connectivity index (χ1v) is 8.44. The van der Waals surface area contributed by atoms with Crippen molar-refractivity contribution in [1.29, 1.82) is 0 Å². The second-order valence-corrected chi connectivity index (χ2v) is 5.79. The van der Waals surface area contributed by atoms with E-state index in [1.165, 1.54) is 19.3 Å². The summed E-state index contributed by atoms with van der Waals surface area (Å²) in [6, 6.07) is 11.4. The molecule has 3 aromatic rings. The van der Waals surface area contributed by atoms with Gasteiger partial charge in [0.15, 0.2) is 0 Å². The van der Waals surface area contributed by atoms with Crippen LogP contribution in [0, 0.1) is 11.6 Å². The Balaban J connectivity index is 1.62. The third kappa shape index (κ3) is 5.25. The number of carbonyl (C=O) groups excluding carboxylic acids is 2. The molecule has 0 aliphatic heterocycles. The molecule has 7 nitrogen and oxygen atoms in total. The largest absolute Gasteiger partial charge is 0.457 e. The molecule has 0 radical (unpaired) electrons. The number of pyridine rings is 1. The fourth-order valence-electron chi connectivity index (χ4n) is 2.35. The maximum atomic E-state index is 13.6. The van der Waals surface area contributed by atoms with E-state index in [1.54, 1.807) is 30.3 Å². The average Bonchev–Trinajstić information content (AvgIpc) is 2.72. The molecule has 148 valence electrons. The topological polar surface area (TPSA) is 92.4 Å². The van der Waals surface area contributed by atoms with Crippen LogP contribution in [0.25, 0.3) is 0 Å². The number of urea groups is 1. The molecule has 0 unspecified atom stereocenters. The fourth-order valence-corrected chi connectivity index (χ4v) is 2.35. The van der Waals surface area contributed by atoms with E-state index < -0.39 is 17.7 Å². The molecule has 0 saturated carbocycles. The van der Waals surface area contributed by atoms with Crippen molar-refractivity contribution in [3.63, 3.8) is 0 Å². The zero-order valence-corrected chi connectivity index (χ0v) is 15.2. The zero-order chi connectivity index (χ0) is 20.8. The number of nitrogens with one attached hydrogen (secondary N) is 3. The van der Waals surface area contributed by atoms with Crippen LogP contribution >= 0.6 is 0 Å². The van der Waals surface area contributed by atoms with E-state index in [-0.39, 0.29) is 17.3 Å². The summed E-state index contributed by atoms with van der Waals surface area (Å²) in [6.45, 7) is 0. The quantitative estimate of drug-likeness (QED) is 0.602. The minimum atomic E-state index is -0.751. The van der Waals surface area contributed by atoms with Gasteiger partial charge in [0, 0.05) is 31.1 Å². The molecule has 0 bridgehead atoms. The van der Waals surface area contributed by atoms with E-state index in [0.29, 0.717) is 17.2 Å². The van der Waals surface area contributed by atoms with E-state index in [9.17, 15) is 18.4 Å². The Kier molecular flexibility index (Phi) is 5.98. The predicted octanol–water partition coefficient (Wildman–Crippen LogP) is 4.16. The monoisotopic (exact) mass is 398 g/mol. The minimum Gasteiger partial charge on any atom is -0.457 e. The molecule has 3 amide bonds. The number of ether oxygens (including phenoxy) is 1. The fraction of sp³-hybridized carbons (Fsp3) is 0.0500. The number of halogens is 2. The second-order valence-electron chi connectivity index (χ2n) is 5.79. The van der Waals surface area contributed by atoms with Crippen LogP contribution in [0.1, 0.15) is 10.5 Å². The van der Waals surface area contributed by atoms with Crippen LogP contribution < -0.4 is 20.7 Å². The second kappa shape index (κ2) is 8.79. The third-order valence-electron chi connectivity index (χ3n) is 3.72. The first-order valence-electron chi connectivity index (χ1n) is 8.44. The number of rotatable bonds is 5. The SMILES string of the molecule is CNC(=O)c1cc(Oc2ccc(NC(=O)Nc3cc(F)ccc3F)cc2)ccn1. The zero-order valence-electron chi connectivity index (χ0n) is 15.2. The lowest BCUT2D eigenvalue weighted by molar-refractivity contribution is 0.0958. The average molecular weight is 398 g/mol. The Hall–Kier alpha value is -4.01. The van der Waals surface area contributed by atoms with Gasteiger partial charge < -0.3 is 20.7 Å². The number of aromatic nitrogens is 1. The van der Waals surface area contributed by atoms with Crippen molar-refractivity contribution in [3.05, 3.63) is 78.1 Å². The highest BCUT2D eigenvalue weighted by atomic mass is 19.1. The lowest BCUT2D eigenvalue weighted by atomic mass is 10.3. The summed E-state index contributed by atoms with van der Waals surface area (Å²) in [5, 5.41) is 7.21. The predicted molar refractivity (Wildman–Crippen MR) is 103 cm³/mol. The van der Waals surface area contributed by atoms with Crippen molar-refractivity contribution in [1.82, 2.24) is 10.3 Å². The highest BCUT2D eigenvalue weighted by Crippen LogP contribution is 2.23. The van der Waals surface area contributed by atoms with Crippen molar-refractivity contribution in [2.45, 2.75) is 0 Å². The molecule has 1 aromatic heterocycles. The van der Waals surface area contributed by atoms with E-state index in [1.807, 2.05) is 0 Å². The molecule has 3 N–H and O–H groups in total. The molecule has 1 heterocycles. The van der Waals surface area contributed by atoms with E-state index in [4.69, 9.17) is 4.74 Å². The molecule has 0 aliphatic rings. The molecule has 2 aromatic carbocycles. The number of hydrogen-bond donors (Lipinski definition) is 3. The highest BCUT2D eigenvalue weighted by Gasteiger charge is 2.09. The normalized spacial score (nSPS) is 10.2. The molecule has 0 spiro atoms. The third-order valence-corrected chi connectivity index (χ3v) is 3.72. The lowest BCUT2D eigenvalue weighted by Gasteiger charge is -2.10. The minimum absolute atomic E-state index is 0.213. The van der Waals surface area contributed by atoms with Crippen molar-refractivity contribution in [3.8, 4) is 11.5 Å². The molecule has 9 heteroatoms. The Morgan fingerprint density at radius 1 is 0.931 bits per heavy atom. The van der Waals surface area contributed by atoms with Crippen LogP contribution in [0.2, 0.25) is 0 Å². The van der Waals surface area contributed by atoms with Gasteiger partial charge in [-0.3, -0.25) is 9.78 Å². The summed E-state index contributed by atoms with van der Waals surface area (Å²) in [5.41, 5.74) is 0.351. The maximum absolute atomic E-state index is 13.6. The Morgan fingerprint density at radius 3 is 2.41 bits per heavy atom. The van der Waals surface area contributed by atoms with Crippen LogP contribution in [-0.4, -0.2) is 24.0 Å². The van der Waals surface area contributed by atoms with Crippen molar-refractivity contribution < 1.29 is 23.1 Å². The highest BCUT2D eigenvalue weighted by molar-refractivity contribution is 5.99. The van der Waals surface area contributed by atoms with Crippen molar-refractivity contribution >= 4 is 23.3 Å². The van der Waals surface area contributed by atoms with Gasteiger partial charge in [0.25, 0.3) is 5.91 Å². The van der Waals surface area contributed by atoms with E-state index in [2.05, 4.69) is 20.9 Å². The van der Waals surface area contributed by atoms with Gasteiger partial charge in [-0.15, -0.1) is 0 Å². The van der Waals surface area contributed by atoms with Gasteiger partial charge >= 0.3 is 6.03 Å². The number of benzene rings is 2. The molecule has 29 heavy (non-hydrogen) atoms. The van der Waals surface area contributed by atoms with Crippen molar-refractivity contribution in [2.24, 2.45) is 0 Å². The number of anilines is 2. The molecule has 0 fully saturated rings. The summed E-state index contributed by atoms with van der Waals surface area (Å²) in [6.07, 6.45) is 1.45. The molecule has 0 atom stereocenters. The summed E-state index contributed by atoms with van der Waals surface area (Å²) in [7, 11) is 1.50. The molecule has 3 rings (SSSR count). The first kappa shape index (κ1) is 19.7. The number of amides is 3. The van der Waals surface area contributed by atoms with Gasteiger partial charge in [0.05, 0.1) is 5.69 Å². The number of hydrogen-bond acceptors (Lipinski definition) is 4. The Labute approximate surface area is 164 Å². The molecular formula is C20H16F2N4O3. The smallest absolute Gasteiger partial charge is 0.323 e. The van der Waals surface area contributed by atoms with Gasteiger partial charge in [0.2, 0.25) is 0 Å². The first-order chi connectivity index (χ1) is 13.9. The maximum Gasteiger partial charge on any atom is 0.323 e. The van der Waals surface area contributed by atoms with E-state index in [0.717, 1.165) is 18.2 Å². The van der Waals surface area contributed by atoms with Crippen molar-refractivity contribution in [2.75, 3.05) is 17.7 Å². The Morgan fingerprint density at radius 2 is 1.69 bits per heavy atom. The standard InChI is InChI=1S/C20H16F2N4O3/c1-23-19(27)18-11-15(8-9-24-18)29-14-5-3-13(4-6-14)25-20(28)26-17-10-12(21)2-7-16(17)22/h2-11H,1H3,(H,23,27)(H2,25,26,28). The summed E-state index contributed by atoms with van der Waals surface area (Å²) < 4.78 is 32.4. The van der Waals surface area contributed by atoms with Crippen LogP contribution in [0.4, 0.5) is 25.0 Å². The van der Waals surface area contributed by atoms with Gasteiger partial charge in [-0.25, -0.2) is 13.6 Å². The van der Waals surface area contributed by atoms with E-state index >= 15 is 0 Å². The van der Waals surface area contributed by atoms with Crippen LogP contribution in [-0.2, 0) is 0 Å². The van der Waals surface area contributed by atoms with Crippen LogP contribution in [0.3, 0.4) is 0 Å². The van der Waals surface area contributed by atoms with Crippen LogP contribution in [0.15, 0.2) is 60.8 Å². The van der Waals surface area contributed by atoms with Gasteiger partial charge in [-0.1, -0.05) is 0 Å². The van der Waals surface area contributed by atoms with Crippen LogP contribution in [0.5, 0.6) is 11.5 Å². The summed E-state index contributed by atoms with van der Waals surface area (Å²) >= 11 is 0. The molecule has 0 aliphatic carbocycles. The van der Waals surface area contributed by atoms with Gasteiger partial charge in [-0.2, -0.15) is 0 Å².